The highest BCUT2D eigenvalue weighted by Gasteiger charge is 2.28. The second-order valence-electron chi connectivity index (χ2n) is 4.52. The van der Waals surface area contributed by atoms with Crippen LogP contribution in [0.4, 0.5) is 0 Å². The summed E-state index contributed by atoms with van der Waals surface area (Å²) in [6.07, 6.45) is 0. The van der Waals surface area contributed by atoms with Gasteiger partial charge in [-0.05, 0) is 12.1 Å². The Morgan fingerprint density at radius 1 is 1.33 bits per heavy atom. The van der Waals surface area contributed by atoms with E-state index in [2.05, 4.69) is 14.0 Å². The first kappa shape index (κ1) is 10.5. The van der Waals surface area contributed by atoms with E-state index in [-0.39, 0.29) is 0 Å². The lowest BCUT2D eigenvalue weighted by molar-refractivity contribution is -0.842. The van der Waals surface area contributed by atoms with Crippen molar-refractivity contribution >= 4 is 0 Å². The minimum atomic E-state index is 0.651. The average molecular weight is 205 g/mol. The van der Waals surface area contributed by atoms with Crippen LogP contribution in [0.5, 0.6) is 5.75 Å². The average Bonchev–Trinajstić information content (AvgIpc) is 2.56. The van der Waals surface area contributed by atoms with E-state index in [0.717, 1.165) is 24.8 Å². The van der Waals surface area contributed by atoms with Gasteiger partial charge in [-0.3, -0.25) is 0 Å². The molecule has 2 nitrogen and oxygen atoms in total. The van der Waals surface area contributed by atoms with E-state index in [4.69, 9.17) is 4.74 Å². The fourth-order valence-corrected chi connectivity index (χ4v) is 2.22. The molecule has 0 radical (unpaired) electrons. The molecule has 2 rings (SSSR count). The minimum Gasteiger partial charge on any atom is -0.493 e. The third-order valence-electron chi connectivity index (χ3n) is 3.17. The highest BCUT2D eigenvalue weighted by molar-refractivity contribution is 5.20. The van der Waals surface area contributed by atoms with Gasteiger partial charge < -0.3 is 9.64 Å². The van der Waals surface area contributed by atoms with Crippen LogP contribution in [0.25, 0.3) is 0 Å². The number of ether oxygens (including phenoxy) is 1. The molecule has 1 unspecified atom stereocenters. The Balaban J connectivity index is 1.84. The fourth-order valence-electron chi connectivity index (χ4n) is 2.22. The van der Waals surface area contributed by atoms with Crippen LogP contribution in [0.15, 0.2) is 30.3 Å². The second kappa shape index (κ2) is 4.67. The van der Waals surface area contributed by atoms with E-state index >= 15 is 0 Å². The molecular weight excluding hydrogens is 186 g/mol. The van der Waals surface area contributed by atoms with E-state index in [1.54, 1.807) is 0 Å². The number of likely N-dealkylation sites (tertiary alicyclic amines) is 1. The van der Waals surface area contributed by atoms with Gasteiger partial charge >= 0.3 is 0 Å². The SMILES string of the molecule is [CH2-][NH+]1C[C@H](COc2ccccc2)[C@@H](C)C1. The summed E-state index contributed by atoms with van der Waals surface area (Å²) in [6.45, 7) is 5.41. The van der Waals surface area contributed by atoms with Gasteiger partial charge in [0.1, 0.15) is 5.75 Å². The van der Waals surface area contributed by atoms with Crippen molar-refractivity contribution in [2.24, 2.45) is 11.8 Å². The second-order valence-corrected chi connectivity index (χ2v) is 4.52. The summed E-state index contributed by atoms with van der Waals surface area (Å²) >= 11 is 0. The Kier molecular flexibility index (Phi) is 3.27. The Hall–Kier alpha value is -1.02. The first-order chi connectivity index (χ1) is 7.25. The van der Waals surface area contributed by atoms with Crippen LogP contribution in [-0.2, 0) is 0 Å². The summed E-state index contributed by atoms with van der Waals surface area (Å²) in [5.74, 6) is 2.35. The van der Waals surface area contributed by atoms with Crippen molar-refractivity contribution in [3.05, 3.63) is 37.4 Å². The van der Waals surface area contributed by atoms with E-state index in [1.807, 2.05) is 30.3 Å². The highest BCUT2D eigenvalue weighted by Crippen LogP contribution is 2.16. The van der Waals surface area contributed by atoms with Crippen molar-refractivity contribution in [3.63, 3.8) is 0 Å². The first-order valence-corrected chi connectivity index (χ1v) is 5.60. The van der Waals surface area contributed by atoms with Crippen molar-refractivity contribution in [1.82, 2.24) is 0 Å². The maximum atomic E-state index is 5.77. The summed E-state index contributed by atoms with van der Waals surface area (Å²) in [7, 11) is 4.05. The Bertz CT molecular complexity index is 299. The summed E-state index contributed by atoms with van der Waals surface area (Å²) in [5, 5.41) is 0. The van der Waals surface area contributed by atoms with Crippen LogP contribution in [0, 0.1) is 18.9 Å². The van der Waals surface area contributed by atoms with Crippen LogP contribution < -0.4 is 9.64 Å². The van der Waals surface area contributed by atoms with Crippen LogP contribution in [0.2, 0.25) is 0 Å². The molecule has 1 heterocycles. The molecule has 0 aliphatic carbocycles. The third kappa shape index (κ3) is 2.72. The fraction of sp³-hybridized carbons (Fsp3) is 0.462. The van der Waals surface area contributed by atoms with Crippen molar-refractivity contribution in [1.29, 1.82) is 0 Å². The summed E-state index contributed by atoms with van der Waals surface area (Å²) < 4.78 is 5.77. The van der Waals surface area contributed by atoms with Gasteiger partial charge in [0.2, 0.25) is 0 Å². The minimum absolute atomic E-state index is 0.651. The molecule has 0 aromatic heterocycles. The van der Waals surface area contributed by atoms with Crippen molar-refractivity contribution in [2.75, 3.05) is 19.7 Å². The lowest BCUT2D eigenvalue weighted by Crippen LogP contribution is -3.05. The lowest BCUT2D eigenvalue weighted by Gasteiger charge is -2.14. The van der Waals surface area contributed by atoms with Crippen molar-refractivity contribution in [3.8, 4) is 5.75 Å². The smallest absolute Gasteiger partial charge is 0.119 e. The van der Waals surface area contributed by atoms with Gasteiger partial charge in [-0.25, -0.2) is 0 Å². The van der Waals surface area contributed by atoms with Crippen molar-refractivity contribution < 1.29 is 9.64 Å². The normalized spacial score (nSPS) is 30.4. The molecule has 3 atom stereocenters. The zero-order valence-corrected chi connectivity index (χ0v) is 9.28. The molecule has 82 valence electrons. The predicted octanol–water partition coefficient (Wildman–Crippen LogP) is 1.01. The maximum absolute atomic E-state index is 5.77. The molecule has 1 aliphatic heterocycles. The molecule has 2 heteroatoms. The van der Waals surface area contributed by atoms with Crippen LogP contribution >= 0.6 is 0 Å². The molecule has 0 amide bonds. The largest absolute Gasteiger partial charge is 0.493 e. The summed E-state index contributed by atoms with van der Waals surface area (Å²) in [4.78, 5) is 1.38. The Labute approximate surface area is 91.9 Å². The van der Waals surface area contributed by atoms with Gasteiger partial charge in [-0.15, -0.1) is 0 Å². The van der Waals surface area contributed by atoms with Gasteiger partial charge in [-0.2, -0.15) is 7.05 Å². The Morgan fingerprint density at radius 3 is 2.67 bits per heavy atom. The molecule has 1 N–H and O–H groups in total. The topological polar surface area (TPSA) is 13.7 Å². The molecule has 1 saturated heterocycles. The molecule has 1 fully saturated rings. The van der Waals surface area contributed by atoms with Gasteiger partial charge in [0.05, 0.1) is 19.7 Å². The molecule has 0 bridgehead atoms. The quantitative estimate of drug-likeness (QED) is 0.727. The van der Waals surface area contributed by atoms with Crippen molar-refractivity contribution in [2.45, 2.75) is 6.92 Å². The van der Waals surface area contributed by atoms with Crippen LogP contribution in [0.1, 0.15) is 6.92 Å². The van der Waals surface area contributed by atoms with Gasteiger partial charge in [0, 0.05) is 11.8 Å². The Morgan fingerprint density at radius 2 is 2.07 bits per heavy atom. The highest BCUT2D eigenvalue weighted by atomic mass is 16.5. The number of benzene rings is 1. The standard InChI is InChI=1S/C13H19NO/c1-11-8-14(2)9-12(11)10-15-13-6-4-3-5-7-13/h3-7,11-12,14H,2,8-10H2,1H3/t11-,12+/m0/s1. The van der Waals surface area contributed by atoms with Crippen LogP contribution in [0.3, 0.4) is 0 Å². The summed E-state index contributed by atoms with van der Waals surface area (Å²) in [6, 6.07) is 10.0. The number of quaternary nitrogens is 1. The monoisotopic (exact) mass is 205 g/mol. The maximum Gasteiger partial charge on any atom is 0.119 e. The zero-order valence-electron chi connectivity index (χ0n) is 9.28. The molecule has 15 heavy (non-hydrogen) atoms. The lowest BCUT2D eigenvalue weighted by atomic mass is 9.99. The number of hydrogen-bond donors (Lipinski definition) is 1. The van der Waals surface area contributed by atoms with Gasteiger partial charge in [0.15, 0.2) is 0 Å². The molecule has 0 spiro atoms. The number of rotatable bonds is 3. The first-order valence-electron chi connectivity index (χ1n) is 5.60. The van der Waals surface area contributed by atoms with Gasteiger partial charge in [-0.1, -0.05) is 25.1 Å². The van der Waals surface area contributed by atoms with E-state index in [0.29, 0.717) is 5.92 Å². The number of hydrogen-bond acceptors (Lipinski definition) is 1. The predicted molar refractivity (Wildman–Crippen MR) is 60.6 cm³/mol. The van der Waals surface area contributed by atoms with Crippen LogP contribution in [-0.4, -0.2) is 19.7 Å². The molecule has 1 aromatic rings. The number of para-hydroxylation sites is 1. The third-order valence-corrected chi connectivity index (χ3v) is 3.17. The summed E-state index contributed by atoms with van der Waals surface area (Å²) in [5.41, 5.74) is 0. The van der Waals surface area contributed by atoms with E-state index < -0.39 is 0 Å². The molecular formula is C13H19NO. The van der Waals surface area contributed by atoms with E-state index in [9.17, 15) is 0 Å². The van der Waals surface area contributed by atoms with Gasteiger partial charge in [0.25, 0.3) is 0 Å². The zero-order chi connectivity index (χ0) is 10.7. The molecule has 1 aliphatic rings. The molecule has 0 saturated carbocycles. The molecule has 1 aromatic carbocycles. The van der Waals surface area contributed by atoms with E-state index in [1.165, 1.54) is 11.4 Å². The number of nitrogens with one attached hydrogen (secondary N) is 1.